The van der Waals surface area contributed by atoms with Gasteiger partial charge in [0, 0.05) is 24.7 Å². The van der Waals surface area contributed by atoms with Crippen molar-refractivity contribution in [2.24, 2.45) is 0 Å². The summed E-state index contributed by atoms with van der Waals surface area (Å²) in [4.78, 5) is 150. The Bertz CT molecular complexity index is 2900. The molecule has 0 aliphatic carbocycles. The maximum atomic E-state index is 13.0. The topological polar surface area (TPSA) is 445 Å². The van der Waals surface area contributed by atoms with E-state index in [2.05, 4.69) is 33.7 Å². The minimum absolute atomic E-state index is 0.0412. The summed E-state index contributed by atoms with van der Waals surface area (Å²) in [6.07, 6.45) is 9.74. The molecule has 0 aliphatic rings. The first kappa shape index (κ1) is 79.0. The second kappa shape index (κ2) is 40.7. The molecule has 0 atom stereocenters. The number of terminal acetylenes is 3. The minimum Gasteiger partial charge on any atom is -0.463 e. The fourth-order valence-corrected chi connectivity index (χ4v) is 8.17. The van der Waals surface area contributed by atoms with E-state index in [1.807, 2.05) is 6.92 Å². The van der Waals surface area contributed by atoms with Gasteiger partial charge in [-0.2, -0.15) is 0 Å². The number of rotatable bonds is 42. The summed E-state index contributed by atoms with van der Waals surface area (Å²) < 4.78 is 46.0. The Morgan fingerprint density at radius 3 is 0.737 bits per heavy atom. The van der Waals surface area contributed by atoms with Crippen LogP contribution in [0.3, 0.4) is 0 Å². The summed E-state index contributed by atoms with van der Waals surface area (Å²) >= 11 is 0. The van der Waals surface area contributed by atoms with E-state index in [4.69, 9.17) is 61.9 Å². The number of nitrogens with one attached hydrogen (secondary N) is 3. The molecular weight excluding hydrogens is 1250 g/mol. The normalized spacial score (nSPS) is 11.1. The summed E-state index contributed by atoms with van der Waals surface area (Å²) in [6.45, 7) is -6.48. The molecule has 3 amide bonds. The van der Waals surface area contributed by atoms with Gasteiger partial charge in [0.2, 0.25) is 17.7 Å². The SMILES string of the molecule is C#CCOC(=O)CCC(=O)NC(CO)(CO)COC(=O)CCC(=O)Oc1ccc(C(C)(c2ccc(OC(=O)CCC(=O)OCC(CO)(CO)NC(=O)CCC(=O)OCC#C)cc2)c2ccc(OC(=O)CCC(=O)OCC(CO)(CO)NC(=O)CCC(=O)OCC#C)cc2)cc1. The third-order valence-electron chi connectivity index (χ3n) is 13.8. The highest BCUT2D eigenvalue weighted by molar-refractivity contribution is 5.85. The molecule has 0 aliphatic heterocycles. The van der Waals surface area contributed by atoms with Gasteiger partial charge in [-0.3, -0.25) is 57.5 Å². The van der Waals surface area contributed by atoms with E-state index < -0.39 is 211 Å². The number of aliphatic hydroxyl groups is 6. The number of amides is 3. The fourth-order valence-electron chi connectivity index (χ4n) is 8.17. The second-order valence-corrected chi connectivity index (χ2v) is 21.1. The first-order chi connectivity index (χ1) is 45.3. The summed E-state index contributed by atoms with van der Waals surface area (Å²) in [5.74, 6) is -3.71. The van der Waals surface area contributed by atoms with Crippen LogP contribution in [0.25, 0.3) is 0 Å². The third kappa shape index (κ3) is 27.5. The molecule has 512 valence electrons. The van der Waals surface area contributed by atoms with Crippen molar-refractivity contribution in [2.45, 2.75) is 106 Å². The second-order valence-electron chi connectivity index (χ2n) is 21.1. The molecule has 95 heavy (non-hydrogen) atoms. The molecule has 0 heterocycles. The number of ether oxygens (including phenoxy) is 9. The summed E-state index contributed by atoms with van der Waals surface area (Å²) in [5, 5.41) is 66.7. The van der Waals surface area contributed by atoms with Crippen molar-refractivity contribution >= 4 is 71.4 Å². The van der Waals surface area contributed by atoms with Crippen molar-refractivity contribution in [1.29, 1.82) is 0 Å². The molecule has 0 saturated carbocycles. The number of esters is 9. The monoisotopic (exact) mass is 1330 g/mol. The number of carbonyl (C=O) groups excluding carboxylic acids is 12. The molecule has 0 saturated heterocycles. The van der Waals surface area contributed by atoms with E-state index >= 15 is 0 Å². The molecule has 0 bridgehead atoms. The van der Waals surface area contributed by atoms with E-state index in [1.54, 1.807) is 36.4 Å². The Balaban J connectivity index is 1.76. The van der Waals surface area contributed by atoms with Gasteiger partial charge in [-0.05, 0) is 60.0 Å². The Labute approximate surface area is 545 Å². The van der Waals surface area contributed by atoms with Gasteiger partial charge in [-0.25, -0.2) is 0 Å². The van der Waals surface area contributed by atoms with Crippen LogP contribution in [0.2, 0.25) is 0 Å². The van der Waals surface area contributed by atoms with Crippen molar-refractivity contribution in [1.82, 2.24) is 16.0 Å². The standard InChI is InChI=1S/C65H75N3O27/c1-5-32-87-53(78)23-20-50(75)66-63(35-69,36-70)41-90-56(81)26-29-59(84)93-47-14-8-44(9-15-47)62(4,45-10-16-48(17-11-45)94-60(85)30-27-57(82)91-42-64(37-71,38-72)67-51(76)21-24-54(79)88-33-6-2)46-12-18-49(19-13-46)95-61(86)31-28-58(83)92-43-65(39-73,40-74)68-52(77)22-25-55(80)89-34-7-3/h1-3,8-19,69-74H,20-43H2,4H3,(H,66,75)(H,67,76)(H,68,77). The van der Waals surface area contributed by atoms with E-state index in [1.165, 1.54) is 36.4 Å². The zero-order valence-electron chi connectivity index (χ0n) is 51.9. The number of carbonyl (C=O) groups is 12. The van der Waals surface area contributed by atoms with Crippen LogP contribution in [0, 0.1) is 37.0 Å². The lowest BCUT2D eigenvalue weighted by Crippen LogP contribution is -2.57. The van der Waals surface area contributed by atoms with Crippen LogP contribution in [0.5, 0.6) is 17.2 Å². The molecule has 30 nitrogen and oxygen atoms in total. The molecule has 3 aromatic rings. The molecule has 0 radical (unpaired) electrons. The van der Waals surface area contributed by atoms with Gasteiger partial charge >= 0.3 is 53.7 Å². The maximum Gasteiger partial charge on any atom is 0.311 e. The number of hydrogen-bond donors (Lipinski definition) is 9. The molecule has 0 spiro atoms. The predicted octanol–water partition coefficient (Wildman–Crippen LogP) is -0.884. The molecule has 0 aromatic heterocycles. The summed E-state index contributed by atoms with van der Waals surface area (Å²) in [7, 11) is 0. The highest BCUT2D eigenvalue weighted by atomic mass is 16.6. The number of aliphatic hydroxyl groups excluding tert-OH is 6. The minimum atomic E-state index is -1.84. The molecule has 30 heteroatoms. The Kier molecular flexibility index (Phi) is 33.8. The highest BCUT2D eigenvalue weighted by Gasteiger charge is 2.37. The van der Waals surface area contributed by atoms with Gasteiger partial charge in [0.25, 0.3) is 0 Å². The van der Waals surface area contributed by atoms with Crippen LogP contribution in [0.15, 0.2) is 72.8 Å². The fraction of sp³-hybridized carbons (Fsp3) is 0.446. The Morgan fingerprint density at radius 2 is 0.526 bits per heavy atom. The van der Waals surface area contributed by atoms with Crippen LogP contribution in [-0.2, 0) is 91.4 Å². The molecule has 0 unspecified atom stereocenters. The van der Waals surface area contributed by atoms with E-state index in [0.717, 1.165) is 0 Å². The van der Waals surface area contributed by atoms with Crippen LogP contribution in [-0.4, -0.2) is 198 Å². The van der Waals surface area contributed by atoms with Gasteiger partial charge in [-0.15, -0.1) is 19.3 Å². The first-order valence-electron chi connectivity index (χ1n) is 29.1. The lowest BCUT2D eigenvalue weighted by Gasteiger charge is -2.32. The van der Waals surface area contributed by atoms with Gasteiger partial charge in [-0.1, -0.05) is 54.2 Å². The molecule has 3 rings (SSSR count). The van der Waals surface area contributed by atoms with Crippen LogP contribution < -0.4 is 30.2 Å². The van der Waals surface area contributed by atoms with Gasteiger partial charge in [0.1, 0.15) is 53.7 Å². The van der Waals surface area contributed by atoms with Crippen molar-refractivity contribution < 1.29 is 131 Å². The average molecular weight is 1330 g/mol. The van der Waals surface area contributed by atoms with Crippen LogP contribution in [0.1, 0.15) is 101 Å². The Morgan fingerprint density at radius 1 is 0.326 bits per heavy atom. The Hall–Kier alpha value is -10.3. The smallest absolute Gasteiger partial charge is 0.311 e. The highest BCUT2D eigenvalue weighted by Crippen LogP contribution is 2.41. The lowest BCUT2D eigenvalue weighted by molar-refractivity contribution is -0.151. The zero-order chi connectivity index (χ0) is 70.5. The van der Waals surface area contributed by atoms with Crippen LogP contribution in [0.4, 0.5) is 0 Å². The number of benzene rings is 3. The largest absolute Gasteiger partial charge is 0.463 e. The van der Waals surface area contributed by atoms with Crippen LogP contribution >= 0.6 is 0 Å². The summed E-state index contributed by atoms with van der Waals surface area (Å²) in [6, 6.07) is 18.5. The molecule has 0 fully saturated rings. The van der Waals surface area contributed by atoms with Gasteiger partial charge < -0.3 is 89.2 Å². The van der Waals surface area contributed by atoms with E-state index in [-0.39, 0.29) is 56.3 Å². The van der Waals surface area contributed by atoms with Crippen molar-refractivity contribution in [2.75, 3.05) is 79.3 Å². The zero-order valence-corrected chi connectivity index (χ0v) is 51.9. The molecule has 3 aromatic carbocycles. The third-order valence-corrected chi connectivity index (χ3v) is 13.8. The van der Waals surface area contributed by atoms with E-state index in [0.29, 0.717) is 16.7 Å². The van der Waals surface area contributed by atoms with Gasteiger partial charge in [0.05, 0.1) is 97.4 Å². The predicted molar refractivity (Wildman–Crippen MR) is 325 cm³/mol. The van der Waals surface area contributed by atoms with Crippen molar-refractivity contribution in [3.8, 4) is 54.3 Å². The van der Waals surface area contributed by atoms with Crippen molar-refractivity contribution in [3.05, 3.63) is 89.5 Å². The molecule has 9 N–H and O–H groups in total. The maximum absolute atomic E-state index is 13.0. The quantitative estimate of drug-likeness (QED) is 0.0109. The van der Waals surface area contributed by atoms with Gasteiger partial charge in [0.15, 0.2) is 19.8 Å². The average Bonchev–Trinajstić information content (AvgIpc) is 0.766. The number of hydrogen-bond acceptors (Lipinski definition) is 27. The molecular formula is C65H75N3O27. The van der Waals surface area contributed by atoms with E-state index in [9.17, 15) is 88.2 Å². The first-order valence-corrected chi connectivity index (χ1v) is 29.1. The summed E-state index contributed by atoms with van der Waals surface area (Å²) in [5.41, 5.74) is -4.95. The lowest BCUT2D eigenvalue weighted by atomic mass is 9.71. The van der Waals surface area contributed by atoms with Crippen molar-refractivity contribution in [3.63, 3.8) is 0 Å².